The topological polar surface area (TPSA) is 101 Å². The number of benzene rings is 1. The minimum absolute atomic E-state index is 0.179. The van der Waals surface area contributed by atoms with E-state index in [1.165, 1.54) is 12.1 Å². The van der Waals surface area contributed by atoms with Crippen molar-refractivity contribution in [2.24, 2.45) is 11.8 Å². The predicted octanol–water partition coefficient (Wildman–Crippen LogP) is 2.40. The molecule has 0 unspecified atom stereocenters. The monoisotopic (exact) mass is 356 g/mol. The zero-order chi connectivity index (χ0) is 17.9. The lowest BCUT2D eigenvalue weighted by molar-refractivity contribution is -0.145. The lowest BCUT2D eigenvalue weighted by atomic mass is 9.96. The van der Waals surface area contributed by atoms with Gasteiger partial charge >= 0.3 is 5.97 Å². The number of hydrazine groups is 1. The Balaban J connectivity index is 2.19. The van der Waals surface area contributed by atoms with Crippen LogP contribution in [0.2, 0.25) is 5.02 Å². The number of ketones is 1. The van der Waals surface area contributed by atoms with Gasteiger partial charge in [-0.3, -0.25) is 14.6 Å². The van der Waals surface area contributed by atoms with Gasteiger partial charge < -0.3 is 5.11 Å². The molecule has 8 heteroatoms. The molecule has 130 valence electrons. The van der Waals surface area contributed by atoms with E-state index in [0.29, 0.717) is 17.9 Å². The van der Waals surface area contributed by atoms with Gasteiger partial charge in [-0.15, -0.1) is 0 Å². The van der Waals surface area contributed by atoms with Gasteiger partial charge in [0.15, 0.2) is 6.04 Å². The number of carbonyl (C=O) groups excluding carboxylic acids is 2. The molecular weight excluding hydrogens is 339 g/mol. The van der Waals surface area contributed by atoms with Gasteiger partial charge in [0.1, 0.15) is 11.6 Å². The standard InChI is InChI=1S/C16H18ClFN2O4/c17-10-6-3-7-11(18)14(10)15(22)20(19)12(16(23)24)8-13(21)9-4-1-2-5-9/h3,6-7,9,12H,1-2,4-5,8,19H2,(H,23,24)/t12-/m0/s1. The third-order valence-corrected chi connectivity index (χ3v) is 4.55. The summed E-state index contributed by atoms with van der Waals surface area (Å²) in [6.07, 6.45) is 2.86. The fourth-order valence-electron chi connectivity index (χ4n) is 2.88. The van der Waals surface area contributed by atoms with Gasteiger partial charge in [-0.2, -0.15) is 0 Å². The highest BCUT2D eigenvalue weighted by Crippen LogP contribution is 2.28. The van der Waals surface area contributed by atoms with Gasteiger partial charge in [-0.05, 0) is 25.0 Å². The third kappa shape index (κ3) is 3.91. The zero-order valence-electron chi connectivity index (χ0n) is 12.9. The summed E-state index contributed by atoms with van der Waals surface area (Å²) in [7, 11) is 0. The molecule has 1 aliphatic carbocycles. The van der Waals surface area contributed by atoms with Crippen LogP contribution in [0, 0.1) is 11.7 Å². The van der Waals surface area contributed by atoms with Crippen LogP contribution in [0.15, 0.2) is 18.2 Å². The molecule has 0 aliphatic heterocycles. The van der Waals surface area contributed by atoms with E-state index in [2.05, 4.69) is 0 Å². The van der Waals surface area contributed by atoms with Crippen LogP contribution in [-0.4, -0.2) is 33.8 Å². The van der Waals surface area contributed by atoms with Crippen LogP contribution in [0.5, 0.6) is 0 Å². The molecule has 6 nitrogen and oxygen atoms in total. The minimum Gasteiger partial charge on any atom is -0.480 e. The number of carboxylic acid groups (broad SMARTS) is 1. The molecule has 1 fully saturated rings. The number of hydrogen-bond acceptors (Lipinski definition) is 4. The molecule has 0 heterocycles. The van der Waals surface area contributed by atoms with E-state index in [9.17, 15) is 23.9 Å². The van der Waals surface area contributed by atoms with Crippen molar-refractivity contribution >= 4 is 29.3 Å². The summed E-state index contributed by atoms with van der Waals surface area (Å²) in [5, 5.41) is 9.51. The molecule has 1 atom stereocenters. The Bertz CT molecular complexity index is 641. The minimum atomic E-state index is -1.57. The number of amides is 1. The summed E-state index contributed by atoms with van der Waals surface area (Å²) < 4.78 is 13.8. The van der Waals surface area contributed by atoms with E-state index in [0.717, 1.165) is 18.9 Å². The second kappa shape index (κ2) is 7.72. The normalized spacial score (nSPS) is 16.0. The summed E-state index contributed by atoms with van der Waals surface area (Å²) in [6, 6.07) is 2.06. The third-order valence-electron chi connectivity index (χ3n) is 4.24. The predicted molar refractivity (Wildman–Crippen MR) is 84.8 cm³/mol. The SMILES string of the molecule is NN(C(=O)c1c(F)cccc1Cl)[C@@H](CC(=O)C1CCCC1)C(=O)O. The molecule has 1 saturated carbocycles. The van der Waals surface area contributed by atoms with Crippen molar-refractivity contribution in [1.29, 1.82) is 0 Å². The summed E-state index contributed by atoms with van der Waals surface area (Å²) in [5.74, 6) is 1.74. The molecule has 1 aromatic rings. The van der Waals surface area contributed by atoms with Crippen LogP contribution < -0.4 is 5.84 Å². The summed E-state index contributed by atoms with van der Waals surface area (Å²) in [5.41, 5.74) is -0.513. The molecule has 0 radical (unpaired) electrons. The molecule has 1 aliphatic rings. The first-order valence-corrected chi connectivity index (χ1v) is 7.98. The smallest absolute Gasteiger partial charge is 0.328 e. The van der Waals surface area contributed by atoms with Crippen LogP contribution >= 0.6 is 11.6 Å². The first-order chi connectivity index (χ1) is 11.3. The Morgan fingerprint density at radius 2 is 1.96 bits per heavy atom. The van der Waals surface area contributed by atoms with Crippen molar-refractivity contribution in [2.75, 3.05) is 0 Å². The molecule has 1 amide bonds. The molecule has 3 N–H and O–H groups in total. The molecule has 1 aromatic carbocycles. The molecule has 0 saturated heterocycles. The Morgan fingerprint density at radius 1 is 1.33 bits per heavy atom. The Morgan fingerprint density at radius 3 is 2.50 bits per heavy atom. The van der Waals surface area contributed by atoms with Crippen LogP contribution in [0.4, 0.5) is 4.39 Å². The Kier molecular flexibility index (Phi) is 5.90. The lowest BCUT2D eigenvalue weighted by Gasteiger charge is -2.25. The van der Waals surface area contributed by atoms with E-state index in [-0.39, 0.29) is 16.7 Å². The van der Waals surface area contributed by atoms with Crippen molar-refractivity contribution in [2.45, 2.75) is 38.1 Å². The average molecular weight is 357 g/mol. The number of carboxylic acids is 1. The van der Waals surface area contributed by atoms with E-state index in [1.54, 1.807) is 0 Å². The number of nitrogens with zero attached hydrogens (tertiary/aromatic N) is 1. The summed E-state index contributed by atoms with van der Waals surface area (Å²) in [4.78, 5) is 36.0. The Labute approximate surface area is 143 Å². The first-order valence-electron chi connectivity index (χ1n) is 7.60. The van der Waals surface area contributed by atoms with Crippen molar-refractivity contribution in [1.82, 2.24) is 5.01 Å². The van der Waals surface area contributed by atoms with E-state index < -0.39 is 35.7 Å². The van der Waals surface area contributed by atoms with Gasteiger partial charge in [0, 0.05) is 12.3 Å². The van der Waals surface area contributed by atoms with E-state index in [4.69, 9.17) is 17.4 Å². The molecule has 0 aromatic heterocycles. The maximum absolute atomic E-state index is 13.8. The van der Waals surface area contributed by atoms with Crippen LogP contribution in [0.25, 0.3) is 0 Å². The quantitative estimate of drug-likeness (QED) is 0.463. The largest absolute Gasteiger partial charge is 0.480 e. The van der Waals surface area contributed by atoms with Crippen molar-refractivity contribution in [3.8, 4) is 0 Å². The molecule has 2 rings (SSSR count). The van der Waals surface area contributed by atoms with Crippen molar-refractivity contribution < 1.29 is 23.9 Å². The number of aliphatic carboxylic acids is 1. The van der Waals surface area contributed by atoms with Gasteiger partial charge in [0.05, 0.1) is 10.6 Å². The summed E-state index contributed by atoms with van der Waals surface area (Å²) in [6.45, 7) is 0. The highest BCUT2D eigenvalue weighted by molar-refractivity contribution is 6.33. The number of carbonyl (C=O) groups is 3. The highest BCUT2D eigenvalue weighted by Gasteiger charge is 2.34. The van der Waals surface area contributed by atoms with Crippen LogP contribution in [-0.2, 0) is 9.59 Å². The fourth-order valence-corrected chi connectivity index (χ4v) is 3.13. The number of rotatable bonds is 6. The van der Waals surface area contributed by atoms with Gasteiger partial charge in [0.2, 0.25) is 0 Å². The van der Waals surface area contributed by atoms with Crippen LogP contribution in [0.1, 0.15) is 42.5 Å². The van der Waals surface area contributed by atoms with Gasteiger partial charge in [0.25, 0.3) is 5.91 Å². The van der Waals surface area contributed by atoms with Crippen LogP contribution in [0.3, 0.4) is 0 Å². The average Bonchev–Trinajstić information content (AvgIpc) is 3.05. The maximum Gasteiger partial charge on any atom is 0.328 e. The first kappa shape index (κ1) is 18.4. The second-order valence-corrected chi connectivity index (χ2v) is 6.22. The maximum atomic E-state index is 13.8. The highest BCUT2D eigenvalue weighted by atomic mass is 35.5. The van der Waals surface area contributed by atoms with Gasteiger partial charge in [-0.25, -0.2) is 15.0 Å². The Hall–Kier alpha value is -1.99. The zero-order valence-corrected chi connectivity index (χ0v) is 13.6. The molecular formula is C16H18ClFN2O4. The lowest BCUT2D eigenvalue weighted by Crippen LogP contribution is -2.51. The van der Waals surface area contributed by atoms with Crippen molar-refractivity contribution in [3.05, 3.63) is 34.6 Å². The number of halogens is 2. The van der Waals surface area contributed by atoms with Crippen molar-refractivity contribution in [3.63, 3.8) is 0 Å². The number of Topliss-reactive ketones (excluding diaryl/α,β-unsaturated/α-hetero) is 1. The van der Waals surface area contributed by atoms with Gasteiger partial charge in [-0.1, -0.05) is 30.5 Å². The molecule has 24 heavy (non-hydrogen) atoms. The molecule has 0 spiro atoms. The number of hydrogen-bond donors (Lipinski definition) is 2. The van der Waals surface area contributed by atoms with E-state index >= 15 is 0 Å². The summed E-state index contributed by atoms with van der Waals surface area (Å²) >= 11 is 5.80. The second-order valence-electron chi connectivity index (χ2n) is 5.81. The number of nitrogens with two attached hydrogens (primary N) is 1. The molecule has 0 bridgehead atoms. The van der Waals surface area contributed by atoms with E-state index in [1.807, 2.05) is 0 Å². The fraction of sp³-hybridized carbons (Fsp3) is 0.438.